The summed E-state index contributed by atoms with van der Waals surface area (Å²) in [7, 11) is 9.87. The van der Waals surface area contributed by atoms with Crippen molar-refractivity contribution >= 4 is 38.6 Å². The monoisotopic (exact) mass is 615 g/mol. The molecule has 0 aliphatic heterocycles. The summed E-state index contributed by atoms with van der Waals surface area (Å²) in [6.07, 6.45) is 0. The van der Waals surface area contributed by atoms with Crippen LogP contribution in [0.1, 0.15) is 119 Å². The van der Waals surface area contributed by atoms with Crippen LogP contribution in [0.25, 0.3) is 21.5 Å². The Labute approximate surface area is 246 Å². The van der Waals surface area contributed by atoms with Gasteiger partial charge in [0.05, 0.1) is 0 Å². The van der Waals surface area contributed by atoms with Gasteiger partial charge in [0.25, 0.3) is 0 Å². The van der Waals surface area contributed by atoms with Gasteiger partial charge in [-0.2, -0.15) is 19.1 Å². The van der Waals surface area contributed by atoms with Gasteiger partial charge in [0.2, 0.25) is 0 Å². The zero-order valence-corrected chi connectivity index (χ0v) is 28.9. The fraction of sp³-hybridized carbons (Fsp3) is 0.441. The zero-order valence-electron chi connectivity index (χ0n) is 24.9. The van der Waals surface area contributed by atoms with E-state index in [0.29, 0.717) is 23.7 Å². The third-order valence-corrected chi connectivity index (χ3v) is 6.62. The molecule has 37 heavy (non-hydrogen) atoms. The van der Waals surface area contributed by atoms with Gasteiger partial charge >= 0.3 is 37.9 Å². The summed E-state index contributed by atoms with van der Waals surface area (Å²) in [6.45, 7) is 27.5. The van der Waals surface area contributed by atoms with E-state index in [4.69, 9.17) is 17.0 Å². The van der Waals surface area contributed by atoms with Crippen LogP contribution < -0.4 is 0 Å². The Morgan fingerprint density at radius 3 is 1.11 bits per heavy atom. The maximum atomic E-state index is 4.93. The Bertz CT molecular complexity index is 1130. The first-order valence-electron chi connectivity index (χ1n) is 13.5. The summed E-state index contributed by atoms with van der Waals surface area (Å²) in [6, 6.07) is 18.7. The molecule has 4 aromatic carbocycles. The summed E-state index contributed by atoms with van der Waals surface area (Å²) in [4.78, 5) is 0. The summed E-state index contributed by atoms with van der Waals surface area (Å²) in [5.41, 5.74) is 8.66. The normalized spacial score (nSPS) is 10.9. The molecule has 0 nitrogen and oxygen atoms in total. The maximum absolute atomic E-state index is 4.93. The van der Waals surface area contributed by atoms with Crippen molar-refractivity contribution < 1.29 is 20.8 Å². The molecule has 0 N–H and O–H groups in total. The molecule has 4 aromatic rings. The third-order valence-electron chi connectivity index (χ3n) is 6.62. The van der Waals surface area contributed by atoms with Crippen molar-refractivity contribution in [2.24, 2.45) is 0 Å². The molecule has 0 saturated heterocycles. The Morgan fingerprint density at radius 2 is 0.865 bits per heavy atom. The topological polar surface area (TPSA) is 0 Å². The van der Waals surface area contributed by atoms with E-state index in [1.165, 1.54) is 54.9 Å². The van der Waals surface area contributed by atoms with E-state index in [2.05, 4.69) is 125 Å². The SMILES string of the molecule is Cc1cc2c(C(C)C)cc(C(C)C)cc2[cH-]1.Cc1cc2c(C(C)C)cc(C(C)C)cc2[cH-]1.[CH2-]C.[Cl][Zr][Cl]. The predicted molar refractivity (Wildman–Crippen MR) is 168 cm³/mol. The van der Waals surface area contributed by atoms with Crippen molar-refractivity contribution in [2.45, 2.75) is 99.8 Å². The van der Waals surface area contributed by atoms with Crippen molar-refractivity contribution in [1.82, 2.24) is 0 Å². The van der Waals surface area contributed by atoms with Crippen LogP contribution in [0.15, 0.2) is 48.5 Å². The third kappa shape index (κ3) is 9.67. The van der Waals surface area contributed by atoms with Crippen LogP contribution in [0.2, 0.25) is 0 Å². The van der Waals surface area contributed by atoms with Crippen LogP contribution in [0.5, 0.6) is 0 Å². The molecular formula is C34H47Cl2Zr-3. The first-order chi connectivity index (χ1) is 17.4. The molecule has 0 atom stereocenters. The molecule has 204 valence electrons. The Kier molecular flexibility index (Phi) is 15.0. The first kappa shape index (κ1) is 34.2. The molecule has 0 aliphatic carbocycles. The summed E-state index contributed by atoms with van der Waals surface area (Å²) in [5.74, 6) is 2.42. The van der Waals surface area contributed by atoms with Gasteiger partial charge in [-0.05, 0) is 23.7 Å². The fourth-order valence-corrected chi connectivity index (χ4v) is 4.67. The molecule has 3 heteroatoms. The van der Waals surface area contributed by atoms with Crippen molar-refractivity contribution in [2.75, 3.05) is 0 Å². The molecule has 0 heterocycles. The van der Waals surface area contributed by atoms with Gasteiger partial charge in [0.15, 0.2) is 0 Å². The summed E-state index contributed by atoms with van der Waals surface area (Å²) in [5, 5.41) is 5.70. The van der Waals surface area contributed by atoms with Crippen molar-refractivity contribution in [1.29, 1.82) is 0 Å². The molecule has 0 fully saturated rings. The van der Waals surface area contributed by atoms with Crippen LogP contribution in [-0.4, -0.2) is 0 Å². The van der Waals surface area contributed by atoms with Gasteiger partial charge in [-0.15, -0.1) is 56.9 Å². The molecule has 0 saturated carbocycles. The van der Waals surface area contributed by atoms with E-state index in [1.807, 2.05) is 0 Å². The van der Waals surface area contributed by atoms with E-state index in [-0.39, 0.29) is 0 Å². The van der Waals surface area contributed by atoms with Crippen LogP contribution in [-0.2, 0) is 20.8 Å². The number of halogens is 2. The fourth-order valence-electron chi connectivity index (χ4n) is 4.67. The van der Waals surface area contributed by atoms with Gasteiger partial charge < -0.3 is 6.92 Å². The van der Waals surface area contributed by atoms with Crippen molar-refractivity contribution in [3.05, 3.63) is 88.8 Å². The zero-order chi connectivity index (χ0) is 28.4. The van der Waals surface area contributed by atoms with Crippen molar-refractivity contribution in [3.63, 3.8) is 0 Å². The number of benzene rings is 2. The first-order valence-corrected chi connectivity index (χ1v) is 19.8. The standard InChI is InChI=1S/2C16H21.C2H5.2ClH.Zr/c2*1-10(2)13-8-14-6-12(5)7-16(14)15(9-13)11(3)4;1-2;;;/h2*6-11H,1-5H3;1H2,2H3;2*1H;/q3*-1;;;+2/p-2. The summed E-state index contributed by atoms with van der Waals surface area (Å²) >= 11 is -0.826. The van der Waals surface area contributed by atoms with E-state index >= 15 is 0 Å². The molecule has 0 aliphatic rings. The number of hydrogen-bond donors (Lipinski definition) is 0. The van der Waals surface area contributed by atoms with Gasteiger partial charge in [0.1, 0.15) is 0 Å². The number of fused-ring (bicyclic) bond motifs is 2. The molecule has 0 bridgehead atoms. The van der Waals surface area contributed by atoms with E-state index in [1.54, 1.807) is 6.92 Å². The minimum absolute atomic E-state index is 0.600. The van der Waals surface area contributed by atoms with Crippen LogP contribution in [0.4, 0.5) is 0 Å². The predicted octanol–water partition coefficient (Wildman–Crippen LogP) is 12.4. The molecule has 0 aromatic heterocycles. The van der Waals surface area contributed by atoms with E-state index < -0.39 is 20.8 Å². The number of aryl methyl sites for hydroxylation is 2. The van der Waals surface area contributed by atoms with E-state index in [0.717, 1.165) is 0 Å². The average molecular weight is 618 g/mol. The second-order valence-corrected chi connectivity index (χ2v) is 14.7. The summed E-state index contributed by atoms with van der Waals surface area (Å²) < 4.78 is 0. The average Bonchev–Trinajstić information content (AvgIpc) is 3.39. The molecule has 0 unspecified atom stereocenters. The van der Waals surface area contributed by atoms with Gasteiger partial charge in [-0.25, -0.2) is 0 Å². The van der Waals surface area contributed by atoms with Crippen LogP contribution >= 0.6 is 17.0 Å². The van der Waals surface area contributed by atoms with Crippen molar-refractivity contribution in [3.8, 4) is 0 Å². The van der Waals surface area contributed by atoms with Crippen LogP contribution in [0.3, 0.4) is 0 Å². The molecule has 4 rings (SSSR count). The second kappa shape index (κ2) is 16.3. The van der Waals surface area contributed by atoms with Gasteiger partial charge in [0, 0.05) is 0 Å². The minimum atomic E-state index is -0.826. The van der Waals surface area contributed by atoms with Gasteiger partial charge in [-0.1, -0.05) is 104 Å². The molecular weight excluding hydrogens is 571 g/mol. The Balaban J connectivity index is 0.000000316. The number of hydrogen-bond acceptors (Lipinski definition) is 0. The molecule has 0 spiro atoms. The van der Waals surface area contributed by atoms with Crippen LogP contribution in [0, 0.1) is 20.8 Å². The molecule has 0 radical (unpaired) electrons. The van der Waals surface area contributed by atoms with E-state index in [9.17, 15) is 0 Å². The Morgan fingerprint density at radius 1 is 0.568 bits per heavy atom. The molecule has 0 amide bonds. The quantitative estimate of drug-likeness (QED) is 0.200. The van der Waals surface area contributed by atoms with Gasteiger partial charge in [-0.3, -0.25) is 0 Å². The second-order valence-electron chi connectivity index (χ2n) is 11.0. The Hall–Kier alpha value is -0.877. The number of rotatable bonds is 4.